The molecule has 1 aliphatic heterocycles. The van der Waals surface area contributed by atoms with Crippen LogP contribution in [0.1, 0.15) is 65.2 Å². The summed E-state index contributed by atoms with van der Waals surface area (Å²) < 4.78 is 5.06. The van der Waals surface area contributed by atoms with Crippen molar-refractivity contribution in [3.63, 3.8) is 0 Å². The van der Waals surface area contributed by atoms with Crippen LogP contribution in [0.25, 0.3) is 0 Å². The van der Waals surface area contributed by atoms with Crippen LogP contribution in [0.2, 0.25) is 0 Å². The molecule has 2 rings (SSSR count). The van der Waals surface area contributed by atoms with Crippen LogP contribution in [-0.2, 0) is 19.1 Å². The van der Waals surface area contributed by atoms with Crippen LogP contribution < -0.4 is 5.73 Å². The zero-order chi connectivity index (χ0) is 20.0. The third-order valence-electron chi connectivity index (χ3n) is 5.76. The summed E-state index contributed by atoms with van der Waals surface area (Å²) in [6.45, 7) is 4.54. The number of nitrogens with zero attached hydrogens (tertiary/aromatic N) is 2. The predicted molar refractivity (Wildman–Crippen MR) is 103 cm³/mol. The minimum absolute atomic E-state index is 0.0320. The van der Waals surface area contributed by atoms with E-state index in [0.717, 1.165) is 38.5 Å². The molecule has 2 aliphatic rings. The number of rotatable bonds is 7. The molecule has 0 spiro atoms. The average molecular weight is 382 g/mol. The Kier molecular flexibility index (Phi) is 8.07. The Hall–Kier alpha value is -1.63. The molecular formula is C20H35N3O4. The van der Waals surface area contributed by atoms with Gasteiger partial charge in [0, 0.05) is 12.6 Å². The topological polar surface area (TPSA) is 92.9 Å². The highest BCUT2D eigenvalue weighted by Gasteiger charge is 2.43. The molecule has 2 N–H and O–H groups in total. The van der Waals surface area contributed by atoms with E-state index in [4.69, 9.17) is 10.5 Å². The molecule has 0 aromatic rings. The summed E-state index contributed by atoms with van der Waals surface area (Å²) in [5.74, 6) is -0.430. The Bertz CT molecular complexity index is 531. The van der Waals surface area contributed by atoms with Gasteiger partial charge in [-0.25, -0.2) is 4.79 Å². The van der Waals surface area contributed by atoms with Gasteiger partial charge in [-0.05, 0) is 38.0 Å². The summed E-state index contributed by atoms with van der Waals surface area (Å²) >= 11 is 0. The van der Waals surface area contributed by atoms with E-state index >= 15 is 0 Å². The van der Waals surface area contributed by atoms with Gasteiger partial charge in [0.2, 0.25) is 11.8 Å². The Balaban J connectivity index is 2.33. The molecule has 27 heavy (non-hydrogen) atoms. The van der Waals surface area contributed by atoms with Gasteiger partial charge in [0.1, 0.15) is 12.1 Å². The molecule has 2 atom stereocenters. The van der Waals surface area contributed by atoms with Crippen LogP contribution in [0, 0.1) is 5.92 Å². The monoisotopic (exact) mass is 381 g/mol. The van der Waals surface area contributed by atoms with Gasteiger partial charge in [-0.2, -0.15) is 0 Å². The number of amides is 2. The van der Waals surface area contributed by atoms with Crippen LogP contribution in [0.3, 0.4) is 0 Å². The van der Waals surface area contributed by atoms with Gasteiger partial charge in [-0.15, -0.1) is 0 Å². The first kappa shape index (κ1) is 21.7. The summed E-state index contributed by atoms with van der Waals surface area (Å²) in [7, 11) is 1.37. The zero-order valence-corrected chi connectivity index (χ0v) is 17.0. The number of esters is 1. The molecule has 1 saturated carbocycles. The zero-order valence-electron chi connectivity index (χ0n) is 17.0. The molecule has 0 bridgehead atoms. The number of hydrogen-bond donors (Lipinski definition) is 1. The van der Waals surface area contributed by atoms with E-state index < -0.39 is 12.1 Å². The van der Waals surface area contributed by atoms with Crippen molar-refractivity contribution in [1.29, 1.82) is 0 Å². The van der Waals surface area contributed by atoms with Gasteiger partial charge >= 0.3 is 5.97 Å². The smallest absolute Gasteiger partial charge is 0.328 e. The van der Waals surface area contributed by atoms with Gasteiger partial charge in [-0.3, -0.25) is 9.59 Å². The summed E-state index contributed by atoms with van der Waals surface area (Å²) in [4.78, 5) is 41.8. The van der Waals surface area contributed by atoms with Crippen LogP contribution in [0.15, 0.2) is 0 Å². The van der Waals surface area contributed by atoms with E-state index in [1.807, 2.05) is 13.8 Å². The fourth-order valence-corrected chi connectivity index (χ4v) is 4.46. The maximum absolute atomic E-state index is 13.6. The molecule has 0 radical (unpaired) electrons. The van der Waals surface area contributed by atoms with Crippen molar-refractivity contribution in [2.75, 3.05) is 20.2 Å². The maximum Gasteiger partial charge on any atom is 0.328 e. The van der Waals surface area contributed by atoms with Crippen molar-refractivity contribution in [1.82, 2.24) is 9.80 Å². The van der Waals surface area contributed by atoms with Gasteiger partial charge < -0.3 is 20.3 Å². The summed E-state index contributed by atoms with van der Waals surface area (Å²) in [6.07, 6.45) is 7.04. The van der Waals surface area contributed by atoms with Crippen LogP contribution >= 0.6 is 0 Å². The van der Waals surface area contributed by atoms with Crippen molar-refractivity contribution in [3.05, 3.63) is 0 Å². The summed E-state index contributed by atoms with van der Waals surface area (Å²) in [5, 5.41) is 0. The highest BCUT2D eigenvalue weighted by atomic mass is 16.5. The molecule has 7 heteroatoms. The Labute approximate surface area is 162 Å². The highest BCUT2D eigenvalue weighted by Crippen LogP contribution is 2.30. The van der Waals surface area contributed by atoms with E-state index in [0.29, 0.717) is 19.4 Å². The molecule has 7 nitrogen and oxygen atoms in total. The average Bonchev–Trinajstić information content (AvgIpc) is 3.16. The lowest BCUT2D eigenvalue weighted by Crippen LogP contribution is -2.58. The van der Waals surface area contributed by atoms with Gasteiger partial charge in [0.15, 0.2) is 0 Å². The third-order valence-corrected chi connectivity index (χ3v) is 5.76. The van der Waals surface area contributed by atoms with E-state index in [-0.39, 0.29) is 36.3 Å². The lowest BCUT2D eigenvalue weighted by Gasteiger charge is -2.41. The van der Waals surface area contributed by atoms with Crippen molar-refractivity contribution in [2.45, 2.75) is 83.3 Å². The van der Waals surface area contributed by atoms with E-state index in [1.54, 1.807) is 9.80 Å². The first-order chi connectivity index (χ1) is 12.9. The van der Waals surface area contributed by atoms with E-state index in [1.165, 1.54) is 7.11 Å². The minimum Gasteiger partial charge on any atom is -0.467 e. The second-order valence-electron chi connectivity index (χ2n) is 8.16. The number of carbonyl (C=O) groups is 3. The quantitative estimate of drug-likeness (QED) is 0.677. The largest absolute Gasteiger partial charge is 0.467 e. The normalized spacial score (nSPS) is 22.0. The number of carbonyl (C=O) groups excluding carboxylic acids is 3. The number of likely N-dealkylation sites (tertiary alicyclic amines) is 1. The standard InChI is InChI=1S/C20H35N3O4/c1-14(2)12-17(20(26)27-3)23(15-8-5-4-6-9-15)19(25)16-10-7-11-22(16)18(24)13-21/h14-17H,4-13,21H2,1-3H3/t16-,17-/m0/s1. The molecule has 1 heterocycles. The minimum atomic E-state index is -0.596. The molecule has 0 aromatic heterocycles. The molecule has 0 unspecified atom stereocenters. The first-order valence-corrected chi connectivity index (χ1v) is 10.3. The lowest BCUT2D eigenvalue weighted by molar-refractivity contribution is -0.159. The number of ether oxygens (including phenoxy) is 1. The van der Waals surface area contributed by atoms with Crippen molar-refractivity contribution >= 4 is 17.8 Å². The van der Waals surface area contributed by atoms with E-state index in [2.05, 4.69) is 0 Å². The SMILES string of the molecule is COC(=O)[C@H](CC(C)C)N(C(=O)[C@@H]1CCCN1C(=O)CN)C1CCCCC1. The second kappa shape index (κ2) is 10.1. The molecule has 2 fully saturated rings. The fourth-order valence-electron chi connectivity index (χ4n) is 4.46. The predicted octanol–water partition coefficient (Wildman–Crippen LogP) is 1.69. The number of nitrogens with two attached hydrogens (primary N) is 1. The molecular weight excluding hydrogens is 346 g/mol. The maximum atomic E-state index is 13.6. The molecule has 1 saturated heterocycles. The van der Waals surface area contributed by atoms with E-state index in [9.17, 15) is 14.4 Å². The summed E-state index contributed by atoms with van der Waals surface area (Å²) in [6, 6.07) is -1.08. The molecule has 0 aromatic carbocycles. The van der Waals surface area contributed by atoms with Crippen molar-refractivity contribution in [2.24, 2.45) is 11.7 Å². The lowest BCUT2D eigenvalue weighted by atomic mass is 9.90. The van der Waals surface area contributed by atoms with Gasteiger partial charge in [-0.1, -0.05) is 33.1 Å². The Morgan fingerprint density at radius 1 is 1.11 bits per heavy atom. The highest BCUT2D eigenvalue weighted by molar-refractivity contribution is 5.92. The van der Waals surface area contributed by atoms with Crippen LogP contribution in [0.4, 0.5) is 0 Å². The molecule has 154 valence electrons. The van der Waals surface area contributed by atoms with Crippen LogP contribution in [-0.4, -0.2) is 65.9 Å². The third kappa shape index (κ3) is 5.21. The van der Waals surface area contributed by atoms with Crippen molar-refractivity contribution in [3.8, 4) is 0 Å². The molecule has 1 aliphatic carbocycles. The summed E-state index contributed by atoms with van der Waals surface area (Å²) in [5.41, 5.74) is 5.54. The number of methoxy groups -OCH3 is 1. The molecule has 2 amide bonds. The first-order valence-electron chi connectivity index (χ1n) is 10.3. The van der Waals surface area contributed by atoms with Gasteiger partial charge in [0.25, 0.3) is 0 Å². The van der Waals surface area contributed by atoms with Gasteiger partial charge in [0.05, 0.1) is 13.7 Å². The van der Waals surface area contributed by atoms with Crippen molar-refractivity contribution < 1.29 is 19.1 Å². The fraction of sp³-hybridized carbons (Fsp3) is 0.850. The Morgan fingerprint density at radius 3 is 2.33 bits per heavy atom. The van der Waals surface area contributed by atoms with Crippen LogP contribution in [0.5, 0.6) is 0 Å². The number of hydrogen-bond acceptors (Lipinski definition) is 5. The Morgan fingerprint density at radius 2 is 1.78 bits per heavy atom. The second-order valence-corrected chi connectivity index (χ2v) is 8.16.